The maximum atomic E-state index is 12.9. The summed E-state index contributed by atoms with van der Waals surface area (Å²) in [6.45, 7) is 4.17. The van der Waals surface area contributed by atoms with Crippen LogP contribution >= 0.6 is 11.8 Å². The highest BCUT2D eigenvalue weighted by Gasteiger charge is 2.40. The first-order valence-corrected chi connectivity index (χ1v) is 8.15. The van der Waals surface area contributed by atoms with Crippen molar-refractivity contribution in [2.24, 2.45) is 0 Å². The summed E-state index contributed by atoms with van der Waals surface area (Å²) in [6.07, 6.45) is 1.85. The summed E-state index contributed by atoms with van der Waals surface area (Å²) in [5.74, 6) is 0.127. The quantitative estimate of drug-likeness (QED) is 0.908. The third-order valence-electron chi connectivity index (χ3n) is 3.81. The van der Waals surface area contributed by atoms with Crippen molar-refractivity contribution in [2.75, 3.05) is 17.2 Å². The van der Waals surface area contributed by atoms with E-state index in [1.807, 2.05) is 38.1 Å². The third kappa shape index (κ3) is 3.79. The van der Waals surface area contributed by atoms with E-state index in [-0.39, 0.29) is 18.9 Å². The number of carboxylic acids is 1. The molecule has 5 heteroatoms. The van der Waals surface area contributed by atoms with Crippen LogP contribution in [0.5, 0.6) is 0 Å². The highest BCUT2D eigenvalue weighted by atomic mass is 32.2. The summed E-state index contributed by atoms with van der Waals surface area (Å²) in [5, 5.41) is 8.92. The number of hydrogen-bond donors (Lipinski definition) is 1. The lowest BCUT2D eigenvalue weighted by molar-refractivity contribution is -0.136. The van der Waals surface area contributed by atoms with Crippen molar-refractivity contribution in [1.82, 2.24) is 0 Å². The van der Waals surface area contributed by atoms with E-state index in [0.717, 1.165) is 29.8 Å². The predicted molar refractivity (Wildman–Crippen MR) is 85.9 cm³/mol. The molecule has 1 aliphatic heterocycles. The van der Waals surface area contributed by atoms with Crippen LogP contribution in [0, 0.1) is 6.92 Å². The molecule has 0 radical (unpaired) electrons. The molecule has 1 saturated heterocycles. The number of carboxylic acid groups (broad SMARTS) is 1. The molecule has 4 nitrogen and oxygen atoms in total. The number of carbonyl (C=O) groups is 2. The van der Waals surface area contributed by atoms with Gasteiger partial charge in [0.2, 0.25) is 5.91 Å². The summed E-state index contributed by atoms with van der Waals surface area (Å²) >= 11 is 1.67. The van der Waals surface area contributed by atoms with Crippen molar-refractivity contribution in [3.05, 3.63) is 29.8 Å². The minimum absolute atomic E-state index is 0.0232. The van der Waals surface area contributed by atoms with Crippen LogP contribution in [0.1, 0.15) is 31.7 Å². The number of carbonyl (C=O) groups excluding carboxylic acids is 1. The molecule has 21 heavy (non-hydrogen) atoms. The van der Waals surface area contributed by atoms with Gasteiger partial charge in [0.05, 0.1) is 11.2 Å². The molecule has 1 atom stereocenters. The molecule has 0 bridgehead atoms. The lowest BCUT2D eigenvalue weighted by Crippen LogP contribution is -2.45. The zero-order valence-corrected chi connectivity index (χ0v) is 13.3. The Morgan fingerprint density at radius 1 is 1.33 bits per heavy atom. The summed E-state index contributed by atoms with van der Waals surface area (Å²) < 4.78 is -0.427. The Kier molecular flexibility index (Phi) is 4.93. The molecule has 2 rings (SSSR count). The Labute approximate surface area is 129 Å². The fourth-order valence-electron chi connectivity index (χ4n) is 2.51. The van der Waals surface area contributed by atoms with Gasteiger partial charge in [-0.3, -0.25) is 9.59 Å². The van der Waals surface area contributed by atoms with Crippen LogP contribution in [0.3, 0.4) is 0 Å². The number of hydrogen-bond acceptors (Lipinski definition) is 3. The SMILES string of the molecule is Cc1ccc(N(CCC(=O)O)C(=O)C2(C)CCCS2)cc1. The topological polar surface area (TPSA) is 57.6 Å². The molecule has 114 valence electrons. The molecule has 0 saturated carbocycles. The summed E-state index contributed by atoms with van der Waals surface area (Å²) in [4.78, 5) is 25.4. The molecule has 1 fully saturated rings. The number of nitrogens with zero attached hydrogens (tertiary/aromatic N) is 1. The molecule has 1 aliphatic rings. The fourth-order valence-corrected chi connectivity index (χ4v) is 3.77. The molecule has 0 aromatic heterocycles. The van der Waals surface area contributed by atoms with E-state index in [0.29, 0.717) is 0 Å². The molecule has 1 aromatic rings. The zero-order valence-electron chi connectivity index (χ0n) is 12.5. The highest BCUT2D eigenvalue weighted by Crippen LogP contribution is 2.40. The number of rotatable bonds is 5. The lowest BCUT2D eigenvalue weighted by Gasteiger charge is -2.31. The maximum absolute atomic E-state index is 12.9. The average molecular weight is 307 g/mol. The Balaban J connectivity index is 2.24. The number of amides is 1. The Morgan fingerprint density at radius 3 is 2.52 bits per heavy atom. The van der Waals surface area contributed by atoms with E-state index in [1.54, 1.807) is 16.7 Å². The van der Waals surface area contributed by atoms with Crippen LogP contribution in [0.2, 0.25) is 0 Å². The van der Waals surface area contributed by atoms with E-state index < -0.39 is 10.7 Å². The van der Waals surface area contributed by atoms with Crippen molar-refractivity contribution >= 4 is 29.3 Å². The second kappa shape index (κ2) is 6.52. The van der Waals surface area contributed by atoms with Crippen LogP contribution in [-0.2, 0) is 9.59 Å². The third-order valence-corrected chi connectivity index (χ3v) is 5.32. The number of benzene rings is 1. The van der Waals surface area contributed by atoms with Crippen molar-refractivity contribution in [2.45, 2.75) is 37.9 Å². The van der Waals surface area contributed by atoms with Crippen molar-refractivity contribution in [3.63, 3.8) is 0 Å². The second-order valence-corrected chi connectivity index (χ2v) is 7.22. The normalized spacial score (nSPS) is 21.2. The summed E-state index contributed by atoms with van der Waals surface area (Å²) in [6, 6.07) is 7.66. The summed E-state index contributed by atoms with van der Waals surface area (Å²) in [7, 11) is 0. The standard InChI is InChI=1S/C16H21NO3S/c1-12-4-6-13(7-5-12)17(10-8-14(18)19)15(20)16(2)9-3-11-21-16/h4-7H,3,8-11H2,1-2H3,(H,18,19). The number of thioether (sulfide) groups is 1. The molecule has 0 aliphatic carbocycles. The average Bonchev–Trinajstić information content (AvgIpc) is 2.88. The molecule has 1 amide bonds. The first-order valence-electron chi connectivity index (χ1n) is 7.17. The van der Waals surface area contributed by atoms with Crippen molar-refractivity contribution in [1.29, 1.82) is 0 Å². The van der Waals surface area contributed by atoms with E-state index >= 15 is 0 Å². The van der Waals surface area contributed by atoms with Gasteiger partial charge in [-0.15, -0.1) is 11.8 Å². The summed E-state index contributed by atoms with van der Waals surface area (Å²) in [5.41, 5.74) is 1.89. The lowest BCUT2D eigenvalue weighted by atomic mass is 10.0. The molecular formula is C16H21NO3S. The molecule has 1 heterocycles. The van der Waals surface area contributed by atoms with Gasteiger partial charge in [0.1, 0.15) is 0 Å². The number of aryl methyl sites for hydroxylation is 1. The predicted octanol–water partition coefficient (Wildman–Crippen LogP) is 3.09. The van der Waals surface area contributed by atoms with Crippen LogP contribution in [-0.4, -0.2) is 34.0 Å². The number of anilines is 1. The van der Waals surface area contributed by atoms with Gasteiger partial charge in [0, 0.05) is 12.2 Å². The van der Waals surface area contributed by atoms with Crippen LogP contribution in [0.25, 0.3) is 0 Å². The maximum Gasteiger partial charge on any atom is 0.305 e. The van der Waals surface area contributed by atoms with Crippen LogP contribution in [0.4, 0.5) is 5.69 Å². The Hall–Kier alpha value is -1.49. The zero-order chi connectivity index (χ0) is 15.5. The van der Waals surface area contributed by atoms with Crippen molar-refractivity contribution in [3.8, 4) is 0 Å². The van der Waals surface area contributed by atoms with Crippen LogP contribution in [0.15, 0.2) is 24.3 Å². The second-order valence-electron chi connectivity index (χ2n) is 5.62. The highest BCUT2D eigenvalue weighted by molar-refractivity contribution is 8.01. The molecule has 1 unspecified atom stereocenters. The van der Waals surface area contributed by atoms with Gasteiger partial charge in [-0.25, -0.2) is 0 Å². The fraction of sp³-hybridized carbons (Fsp3) is 0.500. The van der Waals surface area contributed by atoms with Gasteiger partial charge < -0.3 is 10.0 Å². The first-order chi connectivity index (χ1) is 9.92. The number of aliphatic carboxylic acids is 1. The van der Waals surface area contributed by atoms with Gasteiger partial charge in [-0.05, 0) is 44.6 Å². The van der Waals surface area contributed by atoms with Gasteiger partial charge in [0.25, 0.3) is 0 Å². The Bertz CT molecular complexity index is 521. The Morgan fingerprint density at radius 2 is 2.00 bits per heavy atom. The monoisotopic (exact) mass is 307 g/mol. The first kappa shape index (κ1) is 15.9. The minimum atomic E-state index is -0.885. The van der Waals surface area contributed by atoms with E-state index in [2.05, 4.69) is 0 Å². The van der Waals surface area contributed by atoms with Gasteiger partial charge in [0.15, 0.2) is 0 Å². The van der Waals surface area contributed by atoms with E-state index in [9.17, 15) is 9.59 Å². The van der Waals surface area contributed by atoms with Gasteiger partial charge in [-0.2, -0.15) is 0 Å². The van der Waals surface area contributed by atoms with E-state index in [1.165, 1.54) is 0 Å². The van der Waals surface area contributed by atoms with Crippen molar-refractivity contribution < 1.29 is 14.7 Å². The largest absolute Gasteiger partial charge is 0.481 e. The minimum Gasteiger partial charge on any atom is -0.481 e. The molecule has 0 spiro atoms. The molecule has 1 aromatic carbocycles. The molecule has 1 N–H and O–H groups in total. The van der Waals surface area contributed by atoms with Gasteiger partial charge >= 0.3 is 5.97 Å². The van der Waals surface area contributed by atoms with Crippen LogP contribution < -0.4 is 4.90 Å². The smallest absolute Gasteiger partial charge is 0.305 e. The molecular weight excluding hydrogens is 286 g/mol. The van der Waals surface area contributed by atoms with E-state index in [4.69, 9.17) is 5.11 Å². The van der Waals surface area contributed by atoms with Gasteiger partial charge in [-0.1, -0.05) is 17.7 Å².